The van der Waals surface area contributed by atoms with Gasteiger partial charge in [-0.1, -0.05) is 0 Å². The van der Waals surface area contributed by atoms with E-state index in [1.165, 1.54) is 25.2 Å². The number of likely N-dealkylation sites (tertiary alicyclic amines) is 1. The van der Waals surface area contributed by atoms with E-state index >= 15 is 0 Å². The van der Waals surface area contributed by atoms with Crippen molar-refractivity contribution in [2.24, 2.45) is 10.9 Å². The van der Waals surface area contributed by atoms with E-state index in [4.69, 9.17) is 9.73 Å². The van der Waals surface area contributed by atoms with Gasteiger partial charge in [0.25, 0.3) is 0 Å². The van der Waals surface area contributed by atoms with Crippen molar-refractivity contribution in [1.82, 2.24) is 15.1 Å². The molecule has 1 atom stereocenters. The molecule has 6 nitrogen and oxygen atoms in total. The lowest BCUT2D eigenvalue weighted by atomic mass is 10.1. The van der Waals surface area contributed by atoms with E-state index in [2.05, 4.69) is 46.1 Å². The maximum atomic E-state index is 5.25. The highest BCUT2D eigenvalue weighted by molar-refractivity contribution is 14.0. The minimum absolute atomic E-state index is 0. The van der Waals surface area contributed by atoms with Gasteiger partial charge in [-0.3, -0.25) is 4.99 Å². The number of anilines is 1. The van der Waals surface area contributed by atoms with Crippen LogP contribution in [0, 0.1) is 5.92 Å². The first-order chi connectivity index (χ1) is 12.7. The first-order valence-electron chi connectivity index (χ1n) is 9.80. The number of guanidine groups is 1. The van der Waals surface area contributed by atoms with Gasteiger partial charge in [0.15, 0.2) is 5.96 Å². The summed E-state index contributed by atoms with van der Waals surface area (Å²) in [5.41, 5.74) is 1.27. The predicted molar refractivity (Wildman–Crippen MR) is 124 cm³/mol. The number of hydrogen-bond donors (Lipinski definition) is 1. The molecule has 2 aliphatic rings. The van der Waals surface area contributed by atoms with E-state index in [0.29, 0.717) is 5.92 Å². The summed E-state index contributed by atoms with van der Waals surface area (Å²) in [4.78, 5) is 12.2. The third-order valence-electron chi connectivity index (χ3n) is 5.34. The van der Waals surface area contributed by atoms with E-state index in [1.807, 2.05) is 12.1 Å². The fraction of sp³-hybridized carbons (Fsp3) is 0.650. The van der Waals surface area contributed by atoms with Crippen LogP contribution in [0.4, 0.5) is 5.69 Å². The summed E-state index contributed by atoms with van der Waals surface area (Å²) >= 11 is 0. The van der Waals surface area contributed by atoms with Gasteiger partial charge in [-0.2, -0.15) is 0 Å². The van der Waals surface area contributed by atoms with E-state index < -0.39 is 0 Å². The Kier molecular flexibility index (Phi) is 8.95. The first-order valence-corrected chi connectivity index (χ1v) is 9.80. The Morgan fingerprint density at radius 2 is 1.85 bits per heavy atom. The first kappa shape index (κ1) is 22.1. The summed E-state index contributed by atoms with van der Waals surface area (Å²) in [6.45, 7) is 10.4. The number of nitrogens with one attached hydrogen (secondary N) is 1. The summed E-state index contributed by atoms with van der Waals surface area (Å²) in [5.74, 6) is 2.69. The zero-order valence-electron chi connectivity index (χ0n) is 16.9. The third kappa shape index (κ3) is 6.14. The van der Waals surface area contributed by atoms with Crippen LogP contribution >= 0.6 is 24.0 Å². The molecule has 3 rings (SSSR count). The monoisotopic (exact) mass is 487 g/mol. The highest BCUT2D eigenvalue weighted by Crippen LogP contribution is 2.20. The Bertz CT molecular complexity index is 587. The van der Waals surface area contributed by atoms with Crippen LogP contribution in [0.1, 0.15) is 13.3 Å². The maximum absolute atomic E-state index is 5.25. The lowest BCUT2D eigenvalue weighted by Gasteiger charge is -2.37. The molecule has 2 aliphatic heterocycles. The molecule has 0 aromatic heterocycles. The molecule has 0 aliphatic carbocycles. The van der Waals surface area contributed by atoms with Crippen molar-refractivity contribution in [3.63, 3.8) is 0 Å². The maximum Gasteiger partial charge on any atom is 0.194 e. The summed E-state index contributed by atoms with van der Waals surface area (Å²) < 4.78 is 5.25. The lowest BCUT2D eigenvalue weighted by molar-refractivity contribution is 0.369. The Hall–Kier alpha value is -1.22. The van der Waals surface area contributed by atoms with Crippen LogP contribution < -0.4 is 15.0 Å². The smallest absolute Gasteiger partial charge is 0.194 e. The highest BCUT2D eigenvalue weighted by Gasteiger charge is 2.22. The number of halogens is 1. The topological polar surface area (TPSA) is 43.3 Å². The molecule has 0 saturated carbocycles. The van der Waals surface area contributed by atoms with Gasteiger partial charge in [0, 0.05) is 51.5 Å². The van der Waals surface area contributed by atoms with Crippen molar-refractivity contribution >= 4 is 35.6 Å². The number of ether oxygens (including phenoxy) is 1. The molecule has 27 heavy (non-hydrogen) atoms. The molecule has 1 aromatic rings. The van der Waals surface area contributed by atoms with Crippen molar-refractivity contribution in [2.45, 2.75) is 13.3 Å². The Labute approximate surface area is 181 Å². The molecule has 2 fully saturated rings. The molecule has 0 radical (unpaired) electrons. The Morgan fingerprint density at radius 1 is 1.15 bits per heavy atom. The van der Waals surface area contributed by atoms with Gasteiger partial charge in [-0.05, 0) is 57.1 Å². The largest absolute Gasteiger partial charge is 0.497 e. The summed E-state index contributed by atoms with van der Waals surface area (Å²) in [6.07, 6.45) is 1.27. The normalized spacial score (nSPS) is 21.1. The van der Waals surface area contributed by atoms with Gasteiger partial charge in [-0.15, -0.1) is 24.0 Å². The lowest BCUT2D eigenvalue weighted by Crippen LogP contribution is -2.52. The average molecular weight is 487 g/mol. The van der Waals surface area contributed by atoms with Crippen LogP contribution in [-0.4, -0.2) is 82.3 Å². The van der Waals surface area contributed by atoms with Gasteiger partial charge in [-0.25, -0.2) is 0 Å². The van der Waals surface area contributed by atoms with E-state index in [1.54, 1.807) is 7.11 Å². The Balaban J connectivity index is 0.00000261. The minimum atomic E-state index is 0. The molecule has 0 spiro atoms. The second-order valence-corrected chi connectivity index (χ2v) is 7.28. The zero-order chi connectivity index (χ0) is 18.4. The quantitative estimate of drug-likeness (QED) is 0.393. The van der Waals surface area contributed by atoms with Gasteiger partial charge in [0.2, 0.25) is 0 Å². The zero-order valence-corrected chi connectivity index (χ0v) is 19.2. The van der Waals surface area contributed by atoms with Crippen LogP contribution in [0.25, 0.3) is 0 Å². The fourth-order valence-electron chi connectivity index (χ4n) is 3.79. The van der Waals surface area contributed by atoms with Gasteiger partial charge < -0.3 is 24.8 Å². The number of methoxy groups -OCH3 is 1. The number of hydrogen-bond acceptors (Lipinski definition) is 4. The predicted octanol–water partition coefficient (Wildman–Crippen LogP) is 2.35. The molecule has 7 heteroatoms. The third-order valence-corrected chi connectivity index (χ3v) is 5.34. The molecular weight excluding hydrogens is 453 g/mol. The van der Waals surface area contributed by atoms with Crippen LogP contribution in [-0.2, 0) is 0 Å². The SMILES string of the molecule is CCNC(=NCC1CCN(C)C1)N1CCN(c2ccc(OC)cc2)CC1.I. The van der Waals surface area contributed by atoms with E-state index in [9.17, 15) is 0 Å². The molecule has 0 amide bonds. The molecule has 2 saturated heterocycles. The fourth-order valence-corrected chi connectivity index (χ4v) is 3.79. The van der Waals surface area contributed by atoms with Crippen molar-refractivity contribution in [1.29, 1.82) is 0 Å². The van der Waals surface area contributed by atoms with Crippen molar-refractivity contribution in [3.05, 3.63) is 24.3 Å². The standard InChI is InChI=1S/C20H33N5O.HI/c1-4-21-20(22-15-17-9-10-23(2)16-17)25-13-11-24(12-14-25)18-5-7-19(26-3)8-6-18;/h5-8,17H,4,9-16H2,1-3H3,(H,21,22);1H. The molecule has 2 heterocycles. The number of benzene rings is 1. The van der Waals surface area contributed by atoms with Gasteiger partial charge >= 0.3 is 0 Å². The number of rotatable bonds is 5. The van der Waals surface area contributed by atoms with Gasteiger partial charge in [0.1, 0.15) is 5.75 Å². The van der Waals surface area contributed by atoms with Crippen LogP contribution in [0.5, 0.6) is 5.75 Å². The number of aliphatic imine (C=N–C) groups is 1. The van der Waals surface area contributed by atoms with Crippen LogP contribution in [0.15, 0.2) is 29.3 Å². The minimum Gasteiger partial charge on any atom is -0.497 e. The van der Waals surface area contributed by atoms with Gasteiger partial charge in [0.05, 0.1) is 7.11 Å². The average Bonchev–Trinajstić information content (AvgIpc) is 3.10. The van der Waals surface area contributed by atoms with Crippen LogP contribution in [0.3, 0.4) is 0 Å². The summed E-state index contributed by atoms with van der Waals surface area (Å²) in [6, 6.07) is 8.35. The molecular formula is C20H34IN5O. The molecule has 152 valence electrons. The van der Waals surface area contributed by atoms with Crippen molar-refractivity contribution < 1.29 is 4.74 Å². The summed E-state index contributed by atoms with van der Waals surface area (Å²) in [7, 11) is 3.91. The molecule has 1 unspecified atom stereocenters. The number of piperazine rings is 1. The second kappa shape index (κ2) is 10.9. The molecule has 1 aromatic carbocycles. The highest BCUT2D eigenvalue weighted by atomic mass is 127. The summed E-state index contributed by atoms with van der Waals surface area (Å²) in [5, 5.41) is 3.48. The second-order valence-electron chi connectivity index (χ2n) is 7.28. The number of nitrogens with zero attached hydrogens (tertiary/aromatic N) is 4. The Morgan fingerprint density at radius 3 is 2.41 bits per heavy atom. The van der Waals surface area contributed by atoms with Crippen LogP contribution in [0.2, 0.25) is 0 Å². The molecule has 1 N–H and O–H groups in total. The molecule has 0 bridgehead atoms. The van der Waals surface area contributed by atoms with Crippen molar-refractivity contribution in [3.8, 4) is 5.75 Å². The van der Waals surface area contributed by atoms with E-state index in [-0.39, 0.29) is 24.0 Å². The van der Waals surface area contributed by atoms with E-state index in [0.717, 1.165) is 51.0 Å². The van der Waals surface area contributed by atoms with Crippen molar-refractivity contribution in [2.75, 3.05) is 71.4 Å².